The maximum Gasteiger partial charge on any atom is 0.133 e. The van der Waals surface area contributed by atoms with E-state index in [1.807, 2.05) is 6.92 Å². The molecule has 0 aliphatic rings. The summed E-state index contributed by atoms with van der Waals surface area (Å²) in [5, 5.41) is 5.26. The molecule has 1 aromatic carbocycles. The van der Waals surface area contributed by atoms with Gasteiger partial charge in [-0.25, -0.2) is 0 Å². The Kier molecular flexibility index (Phi) is 3.68. The van der Waals surface area contributed by atoms with Crippen LogP contribution in [0, 0.1) is 6.92 Å². The monoisotopic (exact) mass is 285 g/mol. The van der Waals surface area contributed by atoms with E-state index in [2.05, 4.69) is 5.10 Å². The van der Waals surface area contributed by atoms with Gasteiger partial charge in [0, 0.05) is 18.7 Å². The van der Waals surface area contributed by atoms with E-state index < -0.39 is 0 Å². The van der Waals surface area contributed by atoms with Gasteiger partial charge in [0.1, 0.15) is 17.5 Å². The summed E-state index contributed by atoms with van der Waals surface area (Å²) in [7, 11) is 1.79. The van der Waals surface area contributed by atoms with E-state index in [-0.39, 0.29) is 0 Å². The molecule has 0 unspecified atom stereocenters. The third-order valence-electron chi connectivity index (χ3n) is 2.62. The second kappa shape index (κ2) is 5.08. The van der Waals surface area contributed by atoms with Gasteiger partial charge in [-0.05, 0) is 19.1 Å². The van der Waals surface area contributed by atoms with Crippen LogP contribution in [0.3, 0.4) is 0 Å². The minimum Gasteiger partial charge on any atom is -0.489 e. The molecular weight excluding hydrogens is 273 g/mol. The number of ether oxygens (including phenoxy) is 1. The molecule has 0 aliphatic heterocycles. The largest absolute Gasteiger partial charge is 0.489 e. The normalized spacial score (nSPS) is 10.7. The van der Waals surface area contributed by atoms with E-state index in [1.54, 1.807) is 29.9 Å². The number of aromatic nitrogens is 2. The summed E-state index contributed by atoms with van der Waals surface area (Å²) >= 11 is 12.0. The lowest BCUT2D eigenvalue weighted by Crippen LogP contribution is -1.97. The first-order chi connectivity index (χ1) is 8.49. The van der Waals surface area contributed by atoms with Crippen molar-refractivity contribution < 1.29 is 4.74 Å². The molecule has 2 aromatic rings. The highest BCUT2D eigenvalue weighted by Gasteiger charge is 2.11. The van der Waals surface area contributed by atoms with Crippen LogP contribution in [-0.2, 0) is 13.7 Å². The maximum atomic E-state index is 6.11. The van der Waals surface area contributed by atoms with Gasteiger partial charge < -0.3 is 10.5 Å². The van der Waals surface area contributed by atoms with E-state index >= 15 is 0 Å². The van der Waals surface area contributed by atoms with Gasteiger partial charge in [0.25, 0.3) is 0 Å². The Bertz CT molecular complexity index is 581. The van der Waals surface area contributed by atoms with Crippen LogP contribution in [0.1, 0.15) is 11.3 Å². The van der Waals surface area contributed by atoms with Crippen LogP contribution >= 0.6 is 23.2 Å². The van der Waals surface area contributed by atoms with Gasteiger partial charge >= 0.3 is 0 Å². The number of benzene rings is 1. The van der Waals surface area contributed by atoms with Crippen LogP contribution in [-0.4, -0.2) is 9.78 Å². The minimum absolute atomic E-state index is 0.346. The van der Waals surface area contributed by atoms with Crippen LogP contribution in [0.25, 0.3) is 0 Å². The molecule has 0 atom stereocenters. The molecule has 2 N–H and O–H groups in total. The van der Waals surface area contributed by atoms with E-state index in [9.17, 15) is 0 Å². The first-order valence-corrected chi connectivity index (χ1v) is 6.10. The first-order valence-electron chi connectivity index (χ1n) is 5.35. The van der Waals surface area contributed by atoms with Gasteiger partial charge in [-0.3, -0.25) is 4.68 Å². The summed E-state index contributed by atoms with van der Waals surface area (Å²) in [4.78, 5) is 0. The smallest absolute Gasteiger partial charge is 0.133 e. The Morgan fingerprint density at radius 1 is 1.39 bits per heavy atom. The number of hydrogen-bond donors (Lipinski definition) is 1. The number of hydrogen-bond acceptors (Lipinski definition) is 3. The molecule has 18 heavy (non-hydrogen) atoms. The molecule has 0 saturated carbocycles. The van der Waals surface area contributed by atoms with Crippen molar-refractivity contribution in [2.75, 3.05) is 5.73 Å². The van der Waals surface area contributed by atoms with Gasteiger partial charge in [-0.15, -0.1) is 0 Å². The van der Waals surface area contributed by atoms with E-state index in [1.165, 1.54) is 0 Å². The van der Waals surface area contributed by atoms with Crippen LogP contribution in [0.2, 0.25) is 10.2 Å². The molecule has 0 fully saturated rings. The zero-order chi connectivity index (χ0) is 13.3. The summed E-state index contributed by atoms with van der Waals surface area (Å²) in [6.07, 6.45) is 0. The molecule has 0 bridgehead atoms. The van der Waals surface area contributed by atoms with E-state index in [0.29, 0.717) is 28.2 Å². The number of rotatable bonds is 3. The van der Waals surface area contributed by atoms with Crippen molar-refractivity contribution in [2.24, 2.45) is 7.05 Å². The Morgan fingerprint density at radius 2 is 2.11 bits per heavy atom. The van der Waals surface area contributed by atoms with E-state index in [0.717, 1.165) is 11.3 Å². The van der Waals surface area contributed by atoms with Crippen LogP contribution < -0.4 is 10.5 Å². The predicted octanol–water partition coefficient (Wildman–Crippen LogP) is 3.20. The zero-order valence-corrected chi connectivity index (χ0v) is 11.6. The fourth-order valence-corrected chi connectivity index (χ4v) is 1.99. The molecule has 0 saturated heterocycles. The van der Waals surface area contributed by atoms with Crippen molar-refractivity contribution in [2.45, 2.75) is 13.5 Å². The van der Waals surface area contributed by atoms with Crippen LogP contribution in [0.4, 0.5) is 5.69 Å². The molecule has 6 heteroatoms. The number of nitrogens with zero attached hydrogens (tertiary/aromatic N) is 2. The first kappa shape index (κ1) is 13.1. The lowest BCUT2D eigenvalue weighted by Gasteiger charge is -2.07. The summed E-state index contributed by atoms with van der Waals surface area (Å²) < 4.78 is 7.24. The predicted molar refractivity (Wildman–Crippen MR) is 73.2 cm³/mol. The highest BCUT2D eigenvalue weighted by molar-refractivity contribution is 6.33. The van der Waals surface area contributed by atoms with Gasteiger partial charge in [0.15, 0.2) is 0 Å². The Balaban J connectivity index is 2.14. The van der Waals surface area contributed by atoms with Crippen LogP contribution in [0.5, 0.6) is 5.75 Å². The van der Waals surface area contributed by atoms with Gasteiger partial charge in [0.2, 0.25) is 0 Å². The summed E-state index contributed by atoms with van der Waals surface area (Å²) in [5.41, 5.74) is 7.87. The molecule has 1 heterocycles. The quantitative estimate of drug-likeness (QED) is 0.881. The minimum atomic E-state index is 0.346. The fraction of sp³-hybridized carbons (Fsp3) is 0.250. The second-order valence-corrected chi connectivity index (χ2v) is 4.72. The third-order valence-corrected chi connectivity index (χ3v) is 3.43. The zero-order valence-electron chi connectivity index (χ0n) is 10.1. The number of anilines is 1. The van der Waals surface area contributed by atoms with Crippen molar-refractivity contribution in [1.29, 1.82) is 0 Å². The van der Waals surface area contributed by atoms with E-state index in [4.69, 9.17) is 33.7 Å². The molecular formula is C12H13Cl2N3O. The molecule has 2 rings (SSSR count). The van der Waals surface area contributed by atoms with Gasteiger partial charge in [-0.2, -0.15) is 5.10 Å². The molecule has 4 nitrogen and oxygen atoms in total. The van der Waals surface area contributed by atoms with Crippen molar-refractivity contribution >= 4 is 28.9 Å². The highest BCUT2D eigenvalue weighted by Crippen LogP contribution is 2.26. The fourth-order valence-electron chi connectivity index (χ4n) is 1.59. The Labute approximate surface area is 115 Å². The summed E-state index contributed by atoms with van der Waals surface area (Å²) in [6.45, 7) is 2.24. The Morgan fingerprint density at radius 3 is 2.67 bits per heavy atom. The van der Waals surface area contributed by atoms with Crippen LogP contribution in [0.15, 0.2) is 18.2 Å². The topological polar surface area (TPSA) is 53.1 Å². The number of nitrogen functional groups attached to an aromatic ring is 1. The lowest BCUT2D eigenvalue weighted by atomic mass is 10.3. The second-order valence-electron chi connectivity index (χ2n) is 3.95. The average molecular weight is 286 g/mol. The average Bonchev–Trinajstić information content (AvgIpc) is 2.56. The summed E-state index contributed by atoms with van der Waals surface area (Å²) in [6, 6.07) is 5.15. The molecule has 0 spiro atoms. The standard InChI is InChI=1S/C12H13Cl2N3O/c1-7-9(12(14)17(2)16-7)6-18-8-3-4-11(15)10(13)5-8/h3-5H,6,15H2,1-2H3. The van der Waals surface area contributed by atoms with Gasteiger partial charge in [0.05, 0.1) is 16.4 Å². The SMILES string of the molecule is Cc1nn(C)c(Cl)c1COc1ccc(N)c(Cl)c1. The summed E-state index contributed by atoms with van der Waals surface area (Å²) in [5.74, 6) is 0.647. The maximum absolute atomic E-state index is 6.11. The van der Waals surface area contributed by atoms with Crippen molar-refractivity contribution in [3.63, 3.8) is 0 Å². The molecule has 0 radical (unpaired) electrons. The lowest BCUT2D eigenvalue weighted by molar-refractivity contribution is 0.305. The number of nitrogens with two attached hydrogens (primary N) is 1. The molecule has 1 aromatic heterocycles. The third kappa shape index (κ3) is 2.54. The number of aryl methyl sites for hydroxylation is 2. The molecule has 96 valence electrons. The van der Waals surface area contributed by atoms with Crippen molar-refractivity contribution in [3.8, 4) is 5.75 Å². The highest BCUT2D eigenvalue weighted by atomic mass is 35.5. The molecule has 0 amide bonds. The van der Waals surface area contributed by atoms with Crippen molar-refractivity contribution in [3.05, 3.63) is 39.6 Å². The van der Waals surface area contributed by atoms with Gasteiger partial charge in [-0.1, -0.05) is 23.2 Å². The Hall–Kier alpha value is -1.39. The van der Waals surface area contributed by atoms with Crippen molar-refractivity contribution in [1.82, 2.24) is 9.78 Å². The number of halogens is 2. The molecule has 0 aliphatic carbocycles.